The average Bonchev–Trinajstić information content (AvgIpc) is 2.38. The summed E-state index contributed by atoms with van der Waals surface area (Å²) in [6.07, 6.45) is 6.63. The molecule has 1 saturated carbocycles. The first kappa shape index (κ1) is 12.1. The largest absolute Gasteiger partial charge is 0.493 e. The number of methoxy groups -OCH3 is 1. The van der Waals surface area contributed by atoms with Gasteiger partial charge >= 0.3 is 0 Å². The minimum Gasteiger partial charge on any atom is -0.493 e. The van der Waals surface area contributed by atoms with E-state index >= 15 is 0 Å². The smallest absolute Gasteiger partial charge is 0.162 e. The van der Waals surface area contributed by atoms with E-state index in [9.17, 15) is 0 Å². The van der Waals surface area contributed by atoms with Gasteiger partial charge in [0.05, 0.1) is 13.7 Å². The van der Waals surface area contributed by atoms with Crippen LogP contribution in [0.1, 0.15) is 32.1 Å². The fourth-order valence-electron chi connectivity index (χ4n) is 2.36. The van der Waals surface area contributed by atoms with Crippen LogP contribution in [-0.2, 0) is 0 Å². The number of hydrogen-bond donors (Lipinski definition) is 1. The molecule has 0 saturated heterocycles. The third kappa shape index (κ3) is 3.29. The molecule has 3 heteroatoms. The number of anilines is 1. The second-order valence-electron chi connectivity index (χ2n) is 4.73. The molecule has 3 nitrogen and oxygen atoms in total. The Hall–Kier alpha value is -1.38. The number of hydrogen-bond acceptors (Lipinski definition) is 3. The Kier molecular flexibility index (Phi) is 4.13. The Balaban J connectivity index is 1.93. The minimum atomic E-state index is 0.700. The van der Waals surface area contributed by atoms with Crippen LogP contribution in [0.25, 0.3) is 0 Å². The topological polar surface area (TPSA) is 44.5 Å². The van der Waals surface area contributed by atoms with E-state index in [2.05, 4.69) is 0 Å². The van der Waals surface area contributed by atoms with E-state index in [1.165, 1.54) is 32.1 Å². The molecule has 1 aliphatic rings. The Morgan fingerprint density at radius 1 is 1.18 bits per heavy atom. The van der Waals surface area contributed by atoms with E-state index < -0.39 is 0 Å². The summed E-state index contributed by atoms with van der Waals surface area (Å²) >= 11 is 0. The highest BCUT2D eigenvalue weighted by molar-refractivity contribution is 5.51. The summed E-state index contributed by atoms with van der Waals surface area (Å²) in [5.74, 6) is 2.22. The van der Waals surface area contributed by atoms with Crippen molar-refractivity contribution in [3.05, 3.63) is 18.2 Å². The van der Waals surface area contributed by atoms with E-state index in [1.54, 1.807) is 13.2 Å². The molecular weight excluding hydrogens is 214 g/mol. The normalized spacial score (nSPS) is 16.8. The minimum absolute atomic E-state index is 0.700. The Morgan fingerprint density at radius 3 is 2.65 bits per heavy atom. The lowest BCUT2D eigenvalue weighted by Gasteiger charge is -2.22. The SMILES string of the molecule is COc1cc(N)ccc1OCC1CCCCC1. The fourth-order valence-corrected chi connectivity index (χ4v) is 2.36. The molecular formula is C14H21NO2. The van der Waals surface area contributed by atoms with Gasteiger partial charge in [0.25, 0.3) is 0 Å². The maximum absolute atomic E-state index is 5.84. The van der Waals surface area contributed by atoms with Crippen molar-refractivity contribution in [3.8, 4) is 11.5 Å². The van der Waals surface area contributed by atoms with E-state index in [0.717, 1.165) is 18.1 Å². The molecule has 0 atom stereocenters. The second kappa shape index (κ2) is 5.80. The summed E-state index contributed by atoms with van der Waals surface area (Å²) in [6, 6.07) is 5.53. The van der Waals surface area contributed by atoms with Crippen molar-refractivity contribution in [2.45, 2.75) is 32.1 Å². The summed E-state index contributed by atoms with van der Waals surface area (Å²) in [5.41, 5.74) is 6.41. The predicted molar refractivity (Wildman–Crippen MR) is 69.5 cm³/mol. The van der Waals surface area contributed by atoms with Crippen molar-refractivity contribution in [3.63, 3.8) is 0 Å². The van der Waals surface area contributed by atoms with Gasteiger partial charge in [-0.15, -0.1) is 0 Å². The summed E-state index contributed by atoms with van der Waals surface area (Å²) in [4.78, 5) is 0. The zero-order valence-electron chi connectivity index (χ0n) is 10.4. The van der Waals surface area contributed by atoms with Gasteiger partial charge < -0.3 is 15.2 Å². The monoisotopic (exact) mass is 235 g/mol. The number of ether oxygens (including phenoxy) is 2. The molecule has 0 aliphatic heterocycles. The van der Waals surface area contributed by atoms with Gasteiger partial charge in [-0.3, -0.25) is 0 Å². The molecule has 0 heterocycles. The highest BCUT2D eigenvalue weighted by Crippen LogP contribution is 2.31. The molecule has 1 aromatic carbocycles. The first-order valence-electron chi connectivity index (χ1n) is 6.36. The van der Waals surface area contributed by atoms with Gasteiger partial charge in [0.15, 0.2) is 11.5 Å². The number of rotatable bonds is 4. The molecule has 0 amide bonds. The average molecular weight is 235 g/mol. The maximum atomic E-state index is 5.84. The van der Waals surface area contributed by atoms with E-state index in [-0.39, 0.29) is 0 Å². The van der Waals surface area contributed by atoms with Gasteiger partial charge in [0.2, 0.25) is 0 Å². The van der Waals surface area contributed by atoms with Crippen LogP contribution >= 0.6 is 0 Å². The molecule has 0 spiro atoms. The molecule has 0 bridgehead atoms. The molecule has 94 valence electrons. The third-order valence-corrected chi connectivity index (χ3v) is 3.39. The van der Waals surface area contributed by atoms with Crippen LogP contribution in [0.4, 0.5) is 5.69 Å². The maximum Gasteiger partial charge on any atom is 0.162 e. The zero-order chi connectivity index (χ0) is 12.1. The third-order valence-electron chi connectivity index (χ3n) is 3.39. The van der Waals surface area contributed by atoms with Crippen LogP contribution in [0.5, 0.6) is 11.5 Å². The lowest BCUT2D eigenvalue weighted by Crippen LogP contribution is -2.15. The van der Waals surface area contributed by atoms with E-state index in [4.69, 9.17) is 15.2 Å². The van der Waals surface area contributed by atoms with Crippen LogP contribution in [0.3, 0.4) is 0 Å². The molecule has 2 N–H and O–H groups in total. The number of nitrogens with two attached hydrogens (primary N) is 1. The van der Waals surface area contributed by atoms with Gasteiger partial charge in [-0.25, -0.2) is 0 Å². The fraction of sp³-hybridized carbons (Fsp3) is 0.571. The first-order valence-corrected chi connectivity index (χ1v) is 6.36. The van der Waals surface area contributed by atoms with Crippen molar-refractivity contribution in [2.75, 3.05) is 19.5 Å². The molecule has 0 aromatic heterocycles. The Morgan fingerprint density at radius 2 is 1.94 bits per heavy atom. The van der Waals surface area contributed by atoms with Gasteiger partial charge in [-0.1, -0.05) is 19.3 Å². The van der Waals surface area contributed by atoms with Crippen molar-refractivity contribution in [1.29, 1.82) is 0 Å². The molecule has 0 radical (unpaired) electrons. The van der Waals surface area contributed by atoms with Crippen molar-refractivity contribution in [2.24, 2.45) is 5.92 Å². The summed E-state index contributed by atoms with van der Waals surface area (Å²) in [5, 5.41) is 0. The Labute approximate surface area is 103 Å². The number of nitrogen functional groups attached to an aromatic ring is 1. The molecule has 1 fully saturated rings. The summed E-state index contributed by atoms with van der Waals surface area (Å²) < 4.78 is 11.1. The van der Waals surface area contributed by atoms with Crippen molar-refractivity contribution < 1.29 is 9.47 Å². The van der Waals surface area contributed by atoms with Crippen molar-refractivity contribution in [1.82, 2.24) is 0 Å². The molecule has 17 heavy (non-hydrogen) atoms. The van der Waals surface area contributed by atoms with Gasteiger partial charge in [0, 0.05) is 11.8 Å². The standard InChI is InChI=1S/C14H21NO2/c1-16-14-9-12(15)7-8-13(14)17-10-11-5-3-2-4-6-11/h7-9,11H,2-6,10,15H2,1H3. The summed E-state index contributed by atoms with van der Waals surface area (Å²) in [7, 11) is 1.64. The van der Waals surface area contributed by atoms with Crippen LogP contribution in [-0.4, -0.2) is 13.7 Å². The predicted octanol–water partition coefficient (Wildman–Crippen LogP) is 3.24. The lowest BCUT2D eigenvalue weighted by molar-refractivity contribution is 0.202. The molecule has 1 aliphatic carbocycles. The van der Waals surface area contributed by atoms with Gasteiger partial charge in [-0.2, -0.15) is 0 Å². The van der Waals surface area contributed by atoms with Gasteiger partial charge in [-0.05, 0) is 30.9 Å². The Bertz CT molecular complexity index is 359. The van der Waals surface area contributed by atoms with Crippen molar-refractivity contribution >= 4 is 5.69 Å². The van der Waals surface area contributed by atoms with Crippen LogP contribution in [0.2, 0.25) is 0 Å². The van der Waals surface area contributed by atoms with Crippen LogP contribution < -0.4 is 15.2 Å². The van der Waals surface area contributed by atoms with Crippen LogP contribution in [0, 0.1) is 5.92 Å². The zero-order valence-corrected chi connectivity index (χ0v) is 10.4. The lowest BCUT2D eigenvalue weighted by atomic mass is 9.90. The first-order chi connectivity index (χ1) is 8.29. The van der Waals surface area contributed by atoms with E-state index in [0.29, 0.717) is 11.6 Å². The molecule has 1 aromatic rings. The molecule has 2 rings (SSSR count). The highest BCUT2D eigenvalue weighted by atomic mass is 16.5. The second-order valence-corrected chi connectivity index (χ2v) is 4.73. The molecule has 0 unspecified atom stereocenters. The summed E-state index contributed by atoms with van der Waals surface area (Å²) in [6.45, 7) is 0.792. The van der Waals surface area contributed by atoms with Crippen LogP contribution in [0.15, 0.2) is 18.2 Å². The van der Waals surface area contributed by atoms with E-state index in [1.807, 2.05) is 12.1 Å². The quantitative estimate of drug-likeness (QED) is 0.815. The highest BCUT2D eigenvalue weighted by Gasteiger charge is 2.15. The van der Waals surface area contributed by atoms with Gasteiger partial charge in [0.1, 0.15) is 0 Å². The number of benzene rings is 1.